The average Bonchev–Trinajstić information content (AvgIpc) is 2.54. The van der Waals surface area contributed by atoms with Crippen molar-refractivity contribution in [2.24, 2.45) is 11.7 Å². The van der Waals surface area contributed by atoms with Crippen LogP contribution >= 0.6 is 0 Å². The summed E-state index contributed by atoms with van der Waals surface area (Å²) in [7, 11) is 0. The lowest BCUT2D eigenvalue weighted by Crippen LogP contribution is -2.36. The summed E-state index contributed by atoms with van der Waals surface area (Å²) < 4.78 is 1.92. The standard InChI is InChI=1S/C14H27N3O/c1-6-12-10(4)16-17(11(12)5)14(8-18)13(15)7-9(2)3/h9,13-14,18H,6-8,15H2,1-5H3. The molecule has 1 aromatic heterocycles. The molecule has 0 fully saturated rings. The molecule has 4 nitrogen and oxygen atoms in total. The van der Waals surface area contributed by atoms with Crippen LogP contribution in [0.5, 0.6) is 0 Å². The number of nitrogens with zero attached hydrogens (tertiary/aromatic N) is 2. The molecule has 3 N–H and O–H groups in total. The highest BCUT2D eigenvalue weighted by molar-refractivity contribution is 5.25. The van der Waals surface area contributed by atoms with E-state index in [9.17, 15) is 5.11 Å². The van der Waals surface area contributed by atoms with Gasteiger partial charge < -0.3 is 10.8 Å². The zero-order valence-electron chi connectivity index (χ0n) is 12.3. The molecule has 0 bridgehead atoms. The Balaban J connectivity index is 3.02. The Bertz CT molecular complexity index is 385. The lowest BCUT2D eigenvalue weighted by molar-refractivity contribution is 0.185. The van der Waals surface area contributed by atoms with Gasteiger partial charge in [-0.05, 0) is 38.2 Å². The third kappa shape index (κ3) is 3.12. The predicted molar refractivity (Wildman–Crippen MR) is 74.6 cm³/mol. The van der Waals surface area contributed by atoms with Gasteiger partial charge in [0.05, 0.1) is 18.3 Å². The molecule has 0 radical (unpaired) electrons. The van der Waals surface area contributed by atoms with E-state index in [1.54, 1.807) is 0 Å². The van der Waals surface area contributed by atoms with E-state index in [1.807, 2.05) is 11.6 Å². The van der Waals surface area contributed by atoms with Gasteiger partial charge in [0.1, 0.15) is 0 Å². The van der Waals surface area contributed by atoms with Gasteiger partial charge in [0.2, 0.25) is 0 Å². The highest BCUT2D eigenvalue weighted by Gasteiger charge is 2.23. The molecule has 18 heavy (non-hydrogen) atoms. The molecule has 0 aliphatic carbocycles. The van der Waals surface area contributed by atoms with Crippen LogP contribution in [0.25, 0.3) is 0 Å². The molecular formula is C14H27N3O. The van der Waals surface area contributed by atoms with E-state index in [4.69, 9.17) is 5.73 Å². The van der Waals surface area contributed by atoms with Gasteiger partial charge in [0.25, 0.3) is 0 Å². The van der Waals surface area contributed by atoms with Gasteiger partial charge in [-0.15, -0.1) is 0 Å². The first kappa shape index (κ1) is 15.2. The minimum Gasteiger partial charge on any atom is -0.394 e. The molecule has 104 valence electrons. The van der Waals surface area contributed by atoms with Crippen LogP contribution in [0.1, 0.15) is 50.2 Å². The number of hydrogen-bond acceptors (Lipinski definition) is 3. The van der Waals surface area contributed by atoms with Crippen LogP contribution in [0.15, 0.2) is 0 Å². The second-order valence-corrected chi connectivity index (χ2v) is 5.49. The molecule has 1 aromatic rings. The van der Waals surface area contributed by atoms with Gasteiger partial charge in [-0.3, -0.25) is 4.68 Å². The molecule has 0 spiro atoms. The van der Waals surface area contributed by atoms with Crippen molar-refractivity contribution >= 4 is 0 Å². The summed E-state index contributed by atoms with van der Waals surface area (Å²) in [5, 5.41) is 14.2. The van der Waals surface area contributed by atoms with E-state index in [0.29, 0.717) is 5.92 Å². The first-order chi connectivity index (χ1) is 8.42. The summed E-state index contributed by atoms with van der Waals surface area (Å²) in [6, 6.07) is -0.177. The van der Waals surface area contributed by atoms with Crippen LogP contribution in [-0.4, -0.2) is 27.5 Å². The predicted octanol–water partition coefficient (Wildman–Crippen LogP) is 1.97. The second kappa shape index (κ2) is 6.34. The van der Waals surface area contributed by atoms with Gasteiger partial charge in [0.15, 0.2) is 0 Å². The van der Waals surface area contributed by atoms with Crippen molar-refractivity contribution in [3.8, 4) is 0 Å². The largest absolute Gasteiger partial charge is 0.394 e. The van der Waals surface area contributed by atoms with Crippen molar-refractivity contribution in [2.75, 3.05) is 6.61 Å². The molecule has 0 aliphatic heterocycles. The van der Waals surface area contributed by atoms with Crippen molar-refractivity contribution in [1.29, 1.82) is 0 Å². The number of nitrogens with two attached hydrogens (primary N) is 1. The summed E-state index contributed by atoms with van der Waals surface area (Å²) in [6.07, 6.45) is 1.86. The van der Waals surface area contributed by atoms with Crippen LogP contribution in [0.2, 0.25) is 0 Å². The Morgan fingerprint density at radius 2 is 1.94 bits per heavy atom. The Morgan fingerprint density at radius 1 is 1.33 bits per heavy atom. The van der Waals surface area contributed by atoms with Gasteiger partial charge in [-0.25, -0.2) is 0 Å². The van der Waals surface area contributed by atoms with Crippen LogP contribution in [0.4, 0.5) is 0 Å². The van der Waals surface area contributed by atoms with Gasteiger partial charge in [0, 0.05) is 11.7 Å². The van der Waals surface area contributed by atoms with Gasteiger partial charge in [-0.2, -0.15) is 5.10 Å². The maximum atomic E-state index is 9.62. The topological polar surface area (TPSA) is 64.1 Å². The fourth-order valence-corrected chi connectivity index (χ4v) is 2.63. The molecule has 2 unspecified atom stereocenters. The number of rotatable bonds is 6. The number of aliphatic hydroxyl groups is 1. The summed E-state index contributed by atoms with van der Waals surface area (Å²) in [6.45, 7) is 10.5. The van der Waals surface area contributed by atoms with Crippen LogP contribution in [0, 0.1) is 19.8 Å². The average molecular weight is 253 g/mol. The van der Waals surface area contributed by atoms with Crippen molar-refractivity contribution in [2.45, 2.75) is 59.5 Å². The van der Waals surface area contributed by atoms with Gasteiger partial charge in [-0.1, -0.05) is 20.8 Å². The summed E-state index contributed by atoms with van der Waals surface area (Å²) >= 11 is 0. The zero-order valence-corrected chi connectivity index (χ0v) is 12.3. The third-order valence-electron chi connectivity index (χ3n) is 3.57. The minimum absolute atomic E-state index is 0.0407. The molecule has 0 aliphatic rings. The maximum absolute atomic E-state index is 9.62. The van der Waals surface area contributed by atoms with Gasteiger partial charge >= 0.3 is 0 Å². The normalized spacial score (nSPS) is 15.1. The minimum atomic E-state index is -0.119. The second-order valence-electron chi connectivity index (χ2n) is 5.49. The molecule has 0 saturated carbocycles. The maximum Gasteiger partial charge on any atom is 0.0903 e. The molecule has 0 saturated heterocycles. The molecule has 0 amide bonds. The Labute approximate surface area is 110 Å². The Hall–Kier alpha value is -0.870. The highest BCUT2D eigenvalue weighted by Crippen LogP contribution is 2.22. The van der Waals surface area contributed by atoms with Crippen LogP contribution in [0.3, 0.4) is 0 Å². The zero-order chi connectivity index (χ0) is 13.9. The molecule has 0 aromatic carbocycles. The molecule has 1 rings (SSSR count). The number of hydrogen-bond donors (Lipinski definition) is 2. The quantitative estimate of drug-likeness (QED) is 0.814. The number of aliphatic hydroxyl groups excluding tert-OH is 1. The van der Waals surface area contributed by atoms with Crippen molar-refractivity contribution in [3.63, 3.8) is 0 Å². The van der Waals surface area contributed by atoms with Crippen molar-refractivity contribution in [1.82, 2.24) is 9.78 Å². The van der Waals surface area contributed by atoms with Crippen LogP contribution < -0.4 is 5.73 Å². The molecule has 4 heteroatoms. The highest BCUT2D eigenvalue weighted by atomic mass is 16.3. The first-order valence-electron chi connectivity index (χ1n) is 6.83. The summed E-state index contributed by atoms with van der Waals surface area (Å²) in [4.78, 5) is 0. The van der Waals surface area contributed by atoms with E-state index in [0.717, 1.165) is 24.2 Å². The Kier molecular flexibility index (Phi) is 5.35. The van der Waals surface area contributed by atoms with Crippen molar-refractivity contribution < 1.29 is 5.11 Å². The van der Waals surface area contributed by atoms with E-state index in [-0.39, 0.29) is 18.7 Å². The van der Waals surface area contributed by atoms with E-state index in [1.165, 1.54) is 5.56 Å². The number of aryl methyl sites for hydroxylation is 1. The van der Waals surface area contributed by atoms with E-state index in [2.05, 4.69) is 32.8 Å². The fourth-order valence-electron chi connectivity index (χ4n) is 2.63. The van der Waals surface area contributed by atoms with Crippen LogP contribution in [-0.2, 0) is 6.42 Å². The van der Waals surface area contributed by atoms with E-state index >= 15 is 0 Å². The SMILES string of the molecule is CCc1c(C)nn(C(CO)C(N)CC(C)C)c1C. The fraction of sp³-hybridized carbons (Fsp3) is 0.786. The lowest BCUT2D eigenvalue weighted by atomic mass is 9.98. The Morgan fingerprint density at radius 3 is 2.33 bits per heavy atom. The molecule has 1 heterocycles. The van der Waals surface area contributed by atoms with Crippen molar-refractivity contribution in [3.05, 3.63) is 17.0 Å². The van der Waals surface area contributed by atoms with E-state index < -0.39 is 0 Å². The molecular weight excluding hydrogens is 226 g/mol. The third-order valence-corrected chi connectivity index (χ3v) is 3.57. The first-order valence-corrected chi connectivity index (χ1v) is 6.83. The summed E-state index contributed by atoms with van der Waals surface area (Å²) in [5.41, 5.74) is 9.66. The summed E-state index contributed by atoms with van der Waals surface area (Å²) in [5.74, 6) is 0.525. The lowest BCUT2D eigenvalue weighted by Gasteiger charge is -2.25. The smallest absolute Gasteiger partial charge is 0.0903 e. The molecule has 2 atom stereocenters. The number of aromatic nitrogens is 2. The monoisotopic (exact) mass is 253 g/mol.